The van der Waals surface area contributed by atoms with Gasteiger partial charge in [-0.1, -0.05) is 29.8 Å². The maximum absolute atomic E-state index is 11.0. The number of aryl methyl sites for hydroxylation is 1. The molecule has 2 aromatic carbocycles. The standard InChI is InChI=1S/C14H14N2O2/c1-10-5-6-14(16(17)18)13(7-10)12-4-2-3-11(8-12)9-15/h2-8H,9,15H2,1H3. The van der Waals surface area contributed by atoms with Gasteiger partial charge in [0.25, 0.3) is 5.69 Å². The Morgan fingerprint density at radius 3 is 2.67 bits per heavy atom. The molecule has 18 heavy (non-hydrogen) atoms. The molecule has 0 atom stereocenters. The number of benzene rings is 2. The molecule has 0 saturated carbocycles. The highest BCUT2D eigenvalue weighted by atomic mass is 16.6. The van der Waals surface area contributed by atoms with Crippen LogP contribution in [0.4, 0.5) is 5.69 Å². The van der Waals surface area contributed by atoms with Gasteiger partial charge in [-0.25, -0.2) is 0 Å². The van der Waals surface area contributed by atoms with Crippen LogP contribution in [0.2, 0.25) is 0 Å². The number of hydrogen-bond acceptors (Lipinski definition) is 3. The fourth-order valence-corrected chi connectivity index (χ4v) is 1.91. The van der Waals surface area contributed by atoms with Crippen molar-refractivity contribution in [1.82, 2.24) is 0 Å². The van der Waals surface area contributed by atoms with Gasteiger partial charge < -0.3 is 5.73 Å². The number of nitro benzene ring substituents is 1. The van der Waals surface area contributed by atoms with E-state index in [0.29, 0.717) is 12.1 Å². The van der Waals surface area contributed by atoms with E-state index in [0.717, 1.165) is 16.7 Å². The van der Waals surface area contributed by atoms with Crippen LogP contribution in [0, 0.1) is 17.0 Å². The third kappa shape index (κ3) is 2.38. The van der Waals surface area contributed by atoms with E-state index in [1.54, 1.807) is 12.1 Å². The van der Waals surface area contributed by atoms with E-state index in [1.807, 2.05) is 37.3 Å². The molecule has 2 N–H and O–H groups in total. The van der Waals surface area contributed by atoms with Crippen molar-refractivity contribution >= 4 is 5.69 Å². The molecular weight excluding hydrogens is 228 g/mol. The third-order valence-corrected chi connectivity index (χ3v) is 2.82. The van der Waals surface area contributed by atoms with Crippen molar-refractivity contribution in [2.24, 2.45) is 5.73 Å². The lowest BCUT2D eigenvalue weighted by Crippen LogP contribution is -1.97. The Kier molecular flexibility index (Phi) is 3.39. The van der Waals surface area contributed by atoms with Gasteiger partial charge in [0.05, 0.1) is 10.5 Å². The van der Waals surface area contributed by atoms with Crippen LogP contribution in [0.15, 0.2) is 42.5 Å². The number of hydrogen-bond donors (Lipinski definition) is 1. The molecule has 92 valence electrons. The Morgan fingerprint density at radius 2 is 2.00 bits per heavy atom. The van der Waals surface area contributed by atoms with Gasteiger partial charge in [0, 0.05) is 12.6 Å². The molecule has 2 rings (SSSR count). The van der Waals surface area contributed by atoms with Gasteiger partial charge in [0.15, 0.2) is 0 Å². The zero-order valence-corrected chi connectivity index (χ0v) is 10.1. The summed E-state index contributed by atoms with van der Waals surface area (Å²) in [5, 5.41) is 11.0. The summed E-state index contributed by atoms with van der Waals surface area (Å²) in [5.74, 6) is 0. The van der Waals surface area contributed by atoms with Crippen molar-refractivity contribution < 1.29 is 4.92 Å². The van der Waals surface area contributed by atoms with Crippen LogP contribution >= 0.6 is 0 Å². The molecule has 0 spiro atoms. The highest BCUT2D eigenvalue weighted by Crippen LogP contribution is 2.31. The summed E-state index contributed by atoms with van der Waals surface area (Å²) < 4.78 is 0. The Balaban J connectivity index is 2.61. The minimum absolute atomic E-state index is 0.120. The predicted octanol–water partition coefficient (Wildman–Crippen LogP) is 3.03. The highest BCUT2D eigenvalue weighted by molar-refractivity contribution is 5.74. The molecule has 4 heteroatoms. The van der Waals surface area contributed by atoms with Crippen molar-refractivity contribution in [2.45, 2.75) is 13.5 Å². The topological polar surface area (TPSA) is 69.2 Å². The summed E-state index contributed by atoms with van der Waals surface area (Å²) in [5.41, 5.74) is 9.13. The molecule has 0 amide bonds. The summed E-state index contributed by atoms with van der Waals surface area (Å²) in [7, 11) is 0. The number of nitrogens with two attached hydrogens (primary N) is 1. The first kappa shape index (κ1) is 12.3. The van der Waals surface area contributed by atoms with Crippen molar-refractivity contribution in [1.29, 1.82) is 0 Å². The molecule has 0 aliphatic rings. The second-order valence-electron chi connectivity index (χ2n) is 4.18. The molecule has 0 saturated heterocycles. The van der Waals surface area contributed by atoms with Gasteiger partial charge in [-0.15, -0.1) is 0 Å². The maximum Gasteiger partial charge on any atom is 0.277 e. The fourth-order valence-electron chi connectivity index (χ4n) is 1.91. The molecule has 4 nitrogen and oxygen atoms in total. The van der Waals surface area contributed by atoms with E-state index in [1.165, 1.54) is 0 Å². The van der Waals surface area contributed by atoms with Crippen molar-refractivity contribution in [3.8, 4) is 11.1 Å². The van der Waals surface area contributed by atoms with Gasteiger partial charge in [-0.3, -0.25) is 10.1 Å². The average molecular weight is 242 g/mol. The fraction of sp³-hybridized carbons (Fsp3) is 0.143. The van der Waals surface area contributed by atoms with E-state index in [4.69, 9.17) is 5.73 Å². The minimum atomic E-state index is -0.357. The smallest absolute Gasteiger partial charge is 0.277 e. The molecule has 0 aliphatic heterocycles. The Hall–Kier alpha value is -2.20. The summed E-state index contributed by atoms with van der Waals surface area (Å²) in [6, 6.07) is 12.6. The van der Waals surface area contributed by atoms with Crippen LogP contribution in [0.3, 0.4) is 0 Å². The van der Waals surface area contributed by atoms with Gasteiger partial charge in [0.1, 0.15) is 0 Å². The third-order valence-electron chi connectivity index (χ3n) is 2.82. The summed E-state index contributed by atoms with van der Waals surface area (Å²) in [6.07, 6.45) is 0. The molecule has 0 aromatic heterocycles. The van der Waals surface area contributed by atoms with Gasteiger partial charge >= 0.3 is 0 Å². The summed E-state index contributed by atoms with van der Waals surface area (Å²) in [4.78, 5) is 10.7. The molecule has 0 radical (unpaired) electrons. The summed E-state index contributed by atoms with van der Waals surface area (Å²) in [6.45, 7) is 2.34. The SMILES string of the molecule is Cc1ccc([N+](=O)[O-])c(-c2cccc(CN)c2)c1. The van der Waals surface area contributed by atoms with E-state index in [-0.39, 0.29) is 10.6 Å². The normalized spacial score (nSPS) is 10.3. The Bertz CT molecular complexity index is 594. The molecule has 0 unspecified atom stereocenters. The zero-order chi connectivity index (χ0) is 13.1. The maximum atomic E-state index is 11.0. The van der Waals surface area contributed by atoms with Crippen LogP contribution < -0.4 is 5.73 Å². The summed E-state index contributed by atoms with van der Waals surface area (Å²) >= 11 is 0. The van der Waals surface area contributed by atoms with E-state index in [9.17, 15) is 10.1 Å². The average Bonchev–Trinajstić information content (AvgIpc) is 2.38. The Labute approximate surface area is 105 Å². The lowest BCUT2D eigenvalue weighted by molar-refractivity contribution is -0.384. The van der Waals surface area contributed by atoms with Gasteiger partial charge in [0.2, 0.25) is 0 Å². The zero-order valence-electron chi connectivity index (χ0n) is 10.1. The van der Waals surface area contributed by atoms with Crippen LogP contribution in [-0.2, 0) is 6.54 Å². The molecule has 0 aliphatic carbocycles. The first-order valence-corrected chi connectivity index (χ1v) is 5.66. The second kappa shape index (κ2) is 4.98. The lowest BCUT2D eigenvalue weighted by atomic mass is 9.99. The lowest BCUT2D eigenvalue weighted by Gasteiger charge is -2.06. The molecule has 0 bridgehead atoms. The predicted molar refractivity (Wildman–Crippen MR) is 71.2 cm³/mol. The van der Waals surface area contributed by atoms with Crippen LogP contribution in [0.25, 0.3) is 11.1 Å². The van der Waals surface area contributed by atoms with Gasteiger partial charge in [-0.2, -0.15) is 0 Å². The van der Waals surface area contributed by atoms with Crippen molar-refractivity contribution in [3.63, 3.8) is 0 Å². The van der Waals surface area contributed by atoms with E-state index >= 15 is 0 Å². The van der Waals surface area contributed by atoms with Crippen LogP contribution in [-0.4, -0.2) is 4.92 Å². The molecule has 0 heterocycles. The molecule has 2 aromatic rings. The number of rotatable bonds is 3. The first-order valence-electron chi connectivity index (χ1n) is 5.66. The number of nitro groups is 1. The Morgan fingerprint density at radius 1 is 1.22 bits per heavy atom. The monoisotopic (exact) mass is 242 g/mol. The molecule has 0 fully saturated rings. The van der Waals surface area contributed by atoms with E-state index in [2.05, 4.69) is 0 Å². The van der Waals surface area contributed by atoms with Crippen molar-refractivity contribution in [2.75, 3.05) is 0 Å². The largest absolute Gasteiger partial charge is 0.326 e. The number of nitrogens with zero attached hydrogens (tertiary/aromatic N) is 1. The van der Waals surface area contributed by atoms with Crippen LogP contribution in [0.1, 0.15) is 11.1 Å². The van der Waals surface area contributed by atoms with Crippen molar-refractivity contribution in [3.05, 3.63) is 63.7 Å². The van der Waals surface area contributed by atoms with E-state index < -0.39 is 0 Å². The van der Waals surface area contributed by atoms with Crippen LogP contribution in [0.5, 0.6) is 0 Å². The van der Waals surface area contributed by atoms with Gasteiger partial charge in [-0.05, 0) is 30.2 Å². The highest BCUT2D eigenvalue weighted by Gasteiger charge is 2.15. The molecular formula is C14H14N2O2. The first-order chi connectivity index (χ1) is 8.61. The quantitative estimate of drug-likeness (QED) is 0.664. The minimum Gasteiger partial charge on any atom is -0.326 e. The second-order valence-corrected chi connectivity index (χ2v) is 4.18.